The highest BCUT2D eigenvalue weighted by atomic mass is 32.2. The lowest BCUT2D eigenvalue weighted by Crippen LogP contribution is -2.10. The molecular weight excluding hydrogens is 346 g/mol. The van der Waals surface area contributed by atoms with Crippen molar-refractivity contribution in [1.82, 2.24) is 9.38 Å². The molecule has 6 nitrogen and oxygen atoms in total. The lowest BCUT2D eigenvalue weighted by molar-refractivity contribution is 0.187. The molecule has 0 saturated heterocycles. The highest BCUT2D eigenvalue weighted by Crippen LogP contribution is 2.28. The van der Waals surface area contributed by atoms with Crippen LogP contribution in [0.1, 0.15) is 0 Å². The van der Waals surface area contributed by atoms with E-state index in [4.69, 9.17) is 0 Å². The van der Waals surface area contributed by atoms with Gasteiger partial charge < -0.3 is 9.14 Å². The van der Waals surface area contributed by atoms with Crippen LogP contribution in [0.4, 0.5) is 10.6 Å². The number of imidazole rings is 1. The number of amides is 1. The van der Waals surface area contributed by atoms with Gasteiger partial charge in [0.1, 0.15) is 5.65 Å². The molecule has 3 rings (SSSR count). The lowest BCUT2D eigenvalue weighted by atomic mass is 10.4. The second-order valence-electron chi connectivity index (χ2n) is 4.90. The Morgan fingerprint density at radius 3 is 2.54 bits per heavy atom. The summed E-state index contributed by atoms with van der Waals surface area (Å²) in [5.74, 6) is 0.429. The molecule has 0 spiro atoms. The number of methoxy groups -OCH3 is 1. The van der Waals surface area contributed by atoms with Crippen LogP contribution in [0.2, 0.25) is 0 Å². The molecule has 1 N–H and O–H groups in total. The Bertz CT molecular complexity index is 907. The number of hydrogen-bond donors (Lipinski definition) is 1. The standard InChI is InChI=1S/C16H15N3O3S2/c1-22-16(20)18-14-10-19-9-12(5-8-15(19)17-14)23-11-3-6-13(7-4-11)24(2)21/h3-10H,1-2H3,(H,18,20). The average molecular weight is 361 g/mol. The summed E-state index contributed by atoms with van der Waals surface area (Å²) in [7, 11) is 0.333. The van der Waals surface area contributed by atoms with Gasteiger partial charge in [-0.3, -0.25) is 9.53 Å². The Hall–Kier alpha value is -2.32. The van der Waals surface area contributed by atoms with Crippen molar-refractivity contribution in [3.8, 4) is 0 Å². The average Bonchev–Trinajstić information content (AvgIpc) is 2.96. The molecule has 2 heterocycles. The van der Waals surface area contributed by atoms with Gasteiger partial charge in [-0.05, 0) is 36.4 Å². The zero-order valence-electron chi connectivity index (χ0n) is 13.1. The minimum Gasteiger partial charge on any atom is -0.453 e. The number of anilines is 1. The smallest absolute Gasteiger partial charge is 0.412 e. The van der Waals surface area contributed by atoms with Gasteiger partial charge in [-0.15, -0.1) is 0 Å². The number of nitrogens with one attached hydrogen (secondary N) is 1. The van der Waals surface area contributed by atoms with E-state index in [1.165, 1.54) is 7.11 Å². The highest BCUT2D eigenvalue weighted by molar-refractivity contribution is 7.99. The molecule has 0 radical (unpaired) electrons. The van der Waals surface area contributed by atoms with Gasteiger partial charge in [0.05, 0.1) is 13.3 Å². The van der Waals surface area contributed by atoms with Crippen LogP contribution < -0.4 is 5.32 Å². The van der Waals surface area contributed by atoms with Crippen LogP contribution >= 0.6 is 11.8 Å². The van der Waals surface area contributed by atoms with Crippen LogP contribution in [0.5, 0.6) is 0 Å². The number of aromatic nitrogens is 2. The van der Waals surface area contributed by atoms with E-state index in [1.54, 1.807) is 24.2 Å². The topological polar surface area (TPSA) is 72.7 Å². The van der Waals surface area contributed by atoms with Gasteiger partial charge in [0, 0.05) is 37.9 Å². The number of ether oxygens (including phenoxy) is 1. The Kier molecular flexibility index (Phi) is 4.86. The summed E-state index contributed by atoms with van der Waals surface area (Å²) in [6.45, 7) is 0. The van der Waals surface area contributed by atoms with E-state index in [0.717, 1.165) is 20.3 Å². The third kappa shape index (κ3) is 3.77. The van der Waals surface area contributed by atoms with Crippen LogP contribution in [0.15, 0.2) is 63.5 Å². The summed E-state index contributed by atoms with van der Waals surface area (Å²) in [6, 6.07) is 11.5. The Balaban J connectivity index is 1.79. The molecule has 1 amide bonds. The first kappa shape index (κ1) is 16.5. The van der Waals surface area contributed by atoms with Crippen LogP contribution in [0.25, 0.3) is 5.65 Å². The third-order valence-electron chi connectivity index (χ3n) is 3.23. The van der Waals surface area contributed by atoms with E-state index >= 15 is 0 Å². The van der Waals surface area contributed by atoms with Crippen molar-refractivity contribution in [1.29, 1.82) is 0 Å². The molecule has 2 aromatic heterocycles. The lowest BCUT2D eigenvalue weighted by Gasteiger charge is -2.03. The quantitative estimate of drug-likeness (QED) is 0.771. The van der Waals surface area contributed by atoms with E-state index in [-0.39, 0.29) is 0 Å². The first-order valence-electron chi connectivity index (χ1n) is 7.00. The van der Waals surface area contributed by atoms with Gasteiger partial charge in [0.25, 0.3) is 0 Å². The SMILES string of the molecule is COC(=O)Nc1cn2cc(Sc3ccc(S(C)=O)cc3)ccc2n1. The molecule has 1 aromatic carbocycles. The first-order valence-corrected chi connectivity index (χ1v) is 9.37. The molecule has 8 heteroatoms. The van der Waals surface area contributed by atoms with Gasteiger partial charge in [-0.25, -0.2) is 9.78 Å². The maximum atomic E-state index is 11.4. The summed E-state index contributed by atoms with van der Waals surface area (Å²) in [4.78, 5) is 18.4. The van der Waals surface area contributed by atoms with Crippen molar-refractivity contribution in [3.63, 3.8) is 0 Å². The predicted octanol–water partition coefficient (Wildman–Crippen LogP) is 3.40. The van der Waals surface area contributed by atoms with Gasteiger partial charge in [0.15, 0.2) is 5.82 Å². The molecule has 0 aliphatic carbocycles. The van der Waals surface area contributed by atoms with Crippen LogP contribution in [-0.4, -0.2) is 33.1 Å². The molecule has 124 valence electrons. The van der Waals surface area contributed by atoms with Crippen LogP contribution in [-0.2, 0) is 15.5 Å². The molecule has 24 heavy (non-hydrogen) atoms. The van der Waals surface area contributed by atoms with E-state index in [1.807, 2.05) is 47.0 Å². The zero-order chi connectivity index (χ0) is 17.1. The maximum Gasteiger partial charge on any atom is 0.412 e. The van der Waals surface area contributed by atoms with Crippen molar-refractivity contribution >= 4 is 40.1 Å². The van der Waals surface area contributed by atoms with Crippen molar-refractivity contribution < 1.29 is 13.7 Å². The van der Waals surface area contributed by atoms with Gasteiger partial charge in [-0.2, -0.15) is 0 Å². The number of benzene rings is 1. The van der Waals surface area contributed by atoms with Crippen molar-refractivity contribution in [3.05, 3.63) is 48.8 Å². The molecule has 3 aromatic rings. The number of pyridine rings is 1. The van der Waals surface area contributed by atoms with Crippen LogP contribution in [0, 0.1) is 0 Å². The maximum absolute atomic E-state index is 11.4. The summed E-state index contributed by atoms with van der Waals surface area (Å²) in [5.41, 5.74) is 0.725. The van der Waals surface area contributed by atoms with Crippen molar-refractivity contribution in [2.45, 2.75) is 14.7 Å². The molecular formula is C16H15N3O3S2. The molecule has 0 saturated carbocycles. The molecule has 0 aliphatic heterocycles. The number of carbonyl (C=O) groups excluding carboxylic acids is 1. The molecule has 0 bridgehead atoms. The van der Waals surface area contributed by atoms with E-state index in [9.17, 15) is 9.00 Å². The Morgan fingerprint density at radius 2 is 1.88 bits per heavy atom. The number of hydrogen-bond acceptors (Lipinski definition) is 5. The zero-order valence-corrected chi connectivity index (χ0v) is 14.7. The number of fused-ring (bicyclic) bond motifs is 1. The largest absolute Gasteiger partial charge is 0.453 e. The second-order valence-corrected chi connectivity index (χ2v) is 7.43. The summed E-state index contributed by atoms with van der Waals surface area (Å²) in [6.07, 6.45) is 4.76. The molecule has 1 unspecified atom stereocenters. The summed E-state index contributed by atoms with van der Waals surface area (Å²) >= 11 is 1.59. The normalized spacial score (nSPS) is 12.1. The van der Waals surface area contributed by atoms with Crippen molar-refractivity contribution in [2.75, 3.05) is 18.7 Å². The van der Waals surface area contributed by atoms with E-state index < -0.39 is 16.9 Å². The Morgan fingerprint density at radius 1 is 1.17 bits per heavy atom. The van der Waals surface area contributed by atoms with Gasteiger partial charge in [0.2, 0.25) is 0 Å². The minimum absolute atomic E-state index is 0.429. The second kappa shape index (κ2) is 7.06. The van der Waals surface area contributed by atoms with Crippen molar-refractivity contribution in [2.24, 2.45) is 0 Å². The van der Waals surface area contributed by atoms with Gasteiger partial charge in [-0.1, -0.05) is 11.8 Å². The summed E-state index contributed by atoms with van der Waals surface area (Å²) < 4.78 is 17.8. The highest BCUT2D eigenvalue weighted by Gasteiger charge is 2.07. The fraction of sp³-hybridized carbons (Fsp3) is 0.125. The minimum atomic E-state index is -0.972. The van der Waals surface area contributed by atoms with Crippen LogP contribution in [0.3, 0.4) is 0 Å². The molecule has 0 fully saturated rings. The predicted molar refractivity (Wildman–Crippen MR) is 94.1 cm³/mol. The molecule has 0 aliphatic rings. The fourth-order valence-electron chi connectivity index (χ4n) is 2.08. The summed E-state index contributed by atoms with van der Waals surface area (Å²) in [5, 5.41) is 2.54. The first-order chi connectivity index (χ1) is 11.5. The van der Waals surface area contributed by atoms with Gasteiger partial charge >= 0.3 is 6.09 Å². The number of rotatable bonds is 4. The monoisotopic (exact) mass is 361 g/mol. The fourth-order valence-corrected chi connectivity index (χ4v) is 3.45. The van der Waals surface area contributed by atoms with E-state index in [0.29, 0.717) is 5.82 Å². The number of carbonyl (C=O) groups is 1. The third-order valence-corrected chi connectivity index (χ3v) is 5.15. The van der Waals surface area contributed by atoms with E-state index in [2.05, 4.69) is 15.0 Å². The molecule has 1 atom stereocenters. The number of nitrogens with zero attached hydrogens (tertiary/aromatic N) is 2. The Labute approximate surface area is 145 Å².